The van der Waals surface area contributed by atoms with Crippen LogP contribution in [0.1, 0.15) is 49.3 Å². The van der Waals surface area contributed by atoms with Gasteiger partial charge in [0.05, 0.1) is 4.90 Å². The molecule has 11 heteroatoms. The number of hydrogen-bond donors (Lipinski definition) is 2. The first-order valence-corrected chi connectivity index (χ1v) is 13.7. The molecule has 0 spiro atoms. The monoisotopic (exact) mass is 531 g/mol. The lowest BCUT2D eigenvalue weighted by Gasteiger charge is -2.25. The van der Waals surface area contributed by atoms with Crippen molar-refractivity contribution in [3.63, 3.8) is 0 Å². The molecular weight excluding hydrogens is 503 g/mol. The van der Waals surface area contributed by atoms with Gasteiger partial charge < -0.3 is 10.2 Å². The van der Waals surface area contributed by atoms with E-state index in [2.05, 4.69) is 20.0 Å². The first kappa shape index (κ1) is 25.5. The van der Waals surface area contributed by atoms with Gasteiger partial charge in [0, 0.05) is 37.7 Å². The standard InChI is InChI=1S/C26H28F3N5O2S/c1-26(28,29)19-6-2-18(3-7-19)15-34(21-10-11-21)25-23(27)24(31-16-32-25)30-14-17-4-12-22(13-5-17)37(35,36)33-20-8-9-20/h2-7,12-13,16,20-21,33H,8-11,14-15H2,1H3,(H,30,31,32). The summed E-state index contributed by atoms with van der Waals surface area (Å²) in [5, 5.41) is 2.97. The first-order chi connectivity index (χ1) is 17.6. The SMILES string of the molecule is CC(F)(F)c1ccc(CN(c2ncnc(NCc3ccc(S(=O)(=O)NC4CC4)cc3)c2F)C2CC2)cc1. The molecule has 0 aliphatic heterocycles. The minimum Gasteiger partial charge on any atom is -0.363 e. The fraction of sp³-hybridized carbons (Fsp3) is 0.385. The maximum atomic E-state index is 15.5. The van der Waals surface area contributed by atoms with Crippen LogP contribution in [0.5, 0.6) is 0 Å². The van der Waals surface area contributed by atoms with Crippen molar-refractivity contribution >= 4 is 21.7 Å². The van der Waals surface area contributed by atoms with E-state index in [1.54, 1.807) is 24.3 Å². The van der Waals surface area contributed by atoms with E-state index >= 15 is 4.39 Å². The average Bonchev–Trinajstić information content (AvgIpc) is 3.78. The van der Waals surface area contributed by atoms with Gasteiger partial charge in [0.2, 0.25) is 15.8 Å². The predicted octanol–water partition coefficient (Wildman–Crippen LogP) is 4.95. The van der Waals surface area contributed by atoms with E-state index in [0.717, 1.165) is 43.7 Å². The molecule has 37 heavy (non-hydrogen) atoms. The largest absolute Gasteiger partial charge is 0.363 e. The van der Waals surface area contributed by atoms with Gasteiger partial charge in [-0.05, 0) is 48.9 Å². The molecule has 0 radical (unpaired) electrons. The number of benzene rings is 2. The molecule has 2 aliphatic carbocycles. The second-order valence-electron chi connectivity index (χ2n) is 9.70. The van der Waals surface area contributed by atoms with Crippen LogP contribution in [0.15, 0.2) is 59.8 Å². The molecule has 1 aromatic heterocycles. The summed E-state index contributed by atoms with van der Waals surface area (Å²) in [5.41, 5.74) is 1.47. The molecule has 0 bridgehead atoms. The second kappa shape index (κ2) is 9.94. The lowest BCUT2D eigenvalue weighted by atomic mass is 10.1. The van der Waals surface area contributed by atoms with Crippen LogP contribution < -0.4 is 14.9 Å². The Kier molecular flexibility index (Phi) is 6.84. The Morgan fingerprint density at radius 1 is 0.973 bits per heavy atom. The molecule has 0 unspecified atom stereocenters. The third-order valence-electron chi connectivity index (χ3n) is 6.44. The summed E-state index contributed by atoms with van der Waals surface area (Å²) in [7, 11) is -3.53. The molecule has 0 saturated heterocycles. The van der Waals surface area contributed by atoms with Crippen LogP contribution in [0, 0.1) is 5.82 Å². The third kappa shape index (κ3) is 6.22. The zero-order valence-electron chi connectivity index (χ0n) is 20.3. The van der Waals surface area contributed by atoms with Gasteiger partial charge in [0.25, 0.3) is 5.92 Å². The Balaban J connectivity index is 1.27. The summed E-state index contributed by atoms with van der Waals surface area (Å²) in [5.74, 6) is -3.34. The normalized spacial score (nSPS) is 16.0. The minimum absolute atomic E-state index is 0.0249. The van der Waals surface area contributed by atoms with E-state index in [9.17, 15) is 17.2 Å². The van der Waals surface area contributed by atoms with E-state index in [4.69, 9.17) is 0 Å². The molecular formula is C26H28F3N5O2S. The highest BCUT2D eigenvalue weighted by molar-refractivity contribution is 7.89. The minimum atomic E-state index is -3.53. The maximum Gasteiger partial charge on any atom is 0.270 e. The Bertz CT molecular complexity index is 1350. The fourth-order valence-corrected chi connectivity index (χ4v) is 5.31. The van der Waals surface area contributed by atoms with Crippen LogP contribution in [0.25, 0.3) is 0 Å². The van der Waals surface area contributed by atoms with Crippen molar-refractivity contribution in [1.82, 2.24) is 14.7 Å². The van der Waals surface area contributed by atoms with Crippen molar-refractivity contribution in [3.05, 3.63) is 77.4 Å². The molecule has 2 N–H and O–H groups in total. The fourth-order valence-electron chi connectivity index (χ4n) is 4.01. The number of nitrogens with zero attached hydrogens (tertiary/aromatic N) is 3. The smallest absolute Gasteiger partial charge is 0.270 e. The molecule has 0 amide bonds. The van der Waals surface area contributed by atoms with Gasteiger partial charge in [-0.3, -0.25) is 0 Å². The molecule has 3 aromatic rings. The highest BCUT2D eigenvalue weighted by Crippen LogP contribution is 2.35. The zero-order chi connectivity index (χ0) is 26.2. The quantitative estimate of drug-likeness (QED) is 0.364. The van der Waals surface area contributed by atoms with Crippen molar-refractivity contribution in [2.24, 2.45) is 0 Å². The van der Waals surface area contributed by atoms with Crippen molar-refractivity contribution in [3.8, 4) is 0 Å². The Morgan fingerprint density at radius 2 is 1.62 bits per heavy atom. The number of hydrogen-bond acceptors (Lipinski definition) is 6. The van der Waals surface area contributed by atoms with Crippen molar-refractivity contribution in [2.45, 2.75) is 68.6 Å². The lowest BCUT2D eigenvalue weighted by Crippen LogP contribution is -2.27. The van der Waals surface area contributed by atoms with Gasteiger partial charge in [-0.25, -0.2) is 31.9 Å². The summed E-state index contributed by atoms with van der Waals surface area (Å²) in [6.45, 7) is 1.42. The Hall–Kier alpha value is -3.18. The Labute approximate surface area is 214 Å². The molecule has 7 nitrogen and oxygen atoms in total. The molecule has 2 aliphatic rings. The number of alkyl halides is 2. The van der Waals surface area contributed by atoms with Crippen molar-refractivity contribution in [2.75, 3.05) is 10.2 Å². The predicted molar refractivity (Wildman–Crippen MR) is 134 cm³/mol. The topological polar surface area (TPSA) is 87.2 Å². The Morgan fingerprint density at radius 3 is 2.22 bits per heavy atom. The number of anilines is 2. The number of halogens is 3. The maximum absolute atomic E-state index is 15.5. The molecule has 2 aromatic carbocycles. The van der Waals surface area contributed by atoms with E-state index in [-0.39, 0.29) is 40.7 Å². The number of rotatable bonds is 11. The van der Waals surface area contributed by atoms with E-state index in [0.29, 0.717) is 6.54 Å². The highest BCUT2D eigenvalue weighted by Gasteiger charge is 2.33. The summed E-state index contributed by atoms with van der Waals surface area (Å²) in [4.78, 5) is 10.3. The third-order valence-corrected chi connectivity index (χ3v) is 7.97. The zero-order valence-corrected chi connectivity index (χ0v) is 21.1. The van der Waals surface area contributed by atoms with Crippen LogP contribution in [-0.2, 0) is 29.0 Å². The lowest BCUT2D eigenvalue weighted by molar-refractivity contribution is 0.0174. The van der Waals surface area contributed by atoms with Gasteiger partial charge in [0.1, 0.15) is 6.33 Å². The van der Waals surface area contributed by atoms with Gasteiger partial charge in [-0.15, -0.1) is 0 Å². The molecule has 0 atom stereocenters. The number of aromatic nitrogens is 2. The van der Waals surface area contributed by atoms with Gasteiger partial charge in [0.15, 0.2) is 11.6 Å². The van der Waals surface area contributed by atoms with Crippen LogP contribution >= 0.6 is 0 Å². The van der Waals surface area contributed by atoms with E-state index in [1.807, 2.05) is 4.90 Å². The van der Waals surface area contributed by atoms with E-state index < -0.39 is 21.8 Å². The van der Waals surface area contributed by atoms with Gasteiger partial charge in [-0.1, -0.05) is 36.4 Å². The molecule has 1 heterocycles. The summed E-state index contributed by atoms with van der Waals surface area (Å²) >= 11 is 0. The van der Waals surface area contributed by atoms with Crippen LogP contribution in [-0.4, -0.2) is 30.5 Å². The van der Waals surface area contributed by atoms with Crippen LogP contribution in [0.2, 0.25) is 0 Å². The van der Waals surface area contributed by atoms with Gasteiger partial charge >= 0.3 is 0 Å². The molecule has 196 valence electrons. The van der Waals surface area contributed by atoms with Crippen LogP contribution in [0.4, 0.5) is 24.8 Å². The summed E-state index contributed by atoms with van der Waals surface area (Å²) < 4.78 is 69.9. The second-order valence-corrected chi connectivity index (χ2v) is 11.4. The molecule has 5 rings (SSSR count). The van der Waals surface area contributed by atoms with Crippen molar-refractivity contribution in [1.29, 1.82) is 0 Å². The molecule has 2 saturated carbocycles. The molecule has 2 fully saturated rings. The van der Waals surface area contributed by atoms with Crippen LogP contribution in [0.3, 0.4) is 0 Å². The highest BCUT2D eigenvalue weighted by atomic mass is 32.2. The van der Waals surface area contributed by atoms with Crippen molar-refractivity contribution < 1.29 is 21.6 Å². The number of nitrogens with one attached hydrogen (secondary N) is 2. The summed E-state index contributed by atoms with van der Waals surface area (Å²) in [6.07, 6.45) is 4.78. The summed E-state index contributed by atoms with van der Waals surface area (Å²) in [6, 6.07) is 12.6. The average molecular weight is 532 g/mol. The van der Waals surface area contributed by atoms with Gasteiger partial charge in [-0.2, -0.15) is 4.39 Å². The first-order valence-electron chi connectivity index (χ1n) is 12.2. The number of sulfonamides is 1. The van der Waals surface area contributed by atoms with E-state index in [1.165, 1.54) is 30.6 Å².